The second-order valence-corrected chi connectivity index (χ2v) is 7.59. The molecule has 1 amide bonds. The van der Waals surface area contributed by atoms with Gasteiger partial charge in [-0.3, -0.25) is 4.79 Å². The van der Waals surface area contributed by atoms with E-state index < -0.39 is 29.4 Å². The van der Waals surface area contributed by atoms with Crippen LogP contribution in [-0.4, -0.2) is 25.2 Å². The van der Waals surface area contributed by atoms with E-state index in [0.717, 1.165) is 11.6 Å². The van der Waals surface area contributed by atoms with Crippen LogP contribution in [0.5, 0.6) is 0 Å². The van der Waals surface area contributed by atoms with Gasteiger partial charge in [-0.1, -0.05) is 18.2 Å². The SMILES string of the molecule is COCCC(=O)N[C@@]1(C)C[C@@H](c2ccc(F)cc2)O[C@@H](c2ccc(F)cc2F)C1. The third kappa shape index (κ3) is 5.36. The van der Waals surface area contributed by atoms with Crippen LogP contribution in [0.15, 0.2) is 42.5 Å². The van der Waals surface area contributed by atoms with Crippen molar-refractivity contribution in [3.63, 3.8) is 0 Å². The van der Waals surface area contributed by atoms with E-state index in [1.165, 1.54) is 31.4 Å². The Labute approximate surface area is 168 Å². The number of rotatable bonds is 6. The van der Waals surface area contributed by atoms with E-state index in [1.54, 1.807) is 12.1 Å². The molecule has 0 unspecified atom stereocenters. The molecule has 0 aliphatic carbocycles. The summed E-state index contributed by atoms with van der Waals surface area (Å²) in [5.74, 6) is -1.94. The van der Waals surface area contributed by atoms with Gasteiger partial charge in [0.25, 0.3) is 0 Å². The van der Waals surface area contributed by atoms with Crippen LogP contribution in [-0.2, 0) is 14.3 Å². The number of halogens is 3. The molecule has 3 rings (SSSR count). The van der Waals surface area contributed by atoms with Crippen molar-refractivity contribution in [2.75, 3.05) is 13.7 Å². The Morgan fingerprint density at radius 2 is 1.76 bits per heavy atom. The molecule has 0 spiro atoms. The van der Waals surface area contributed by atoms with Crippen LogP contribution in [0.25, 0.3) is 0 Å². The molecule has 1 fully saturated rings. The Morgan fingerprint density at radius 1 is 1.10 bits per heavy atom. The average Bonchev–Trinajstić information content (AvgIpc) is 2.66. The van der Waals surface area contributed by atoms with Gasteiger partial charge >= 0.3 is 0 Å². The number of benzene rings is 2. The molecule has 156 valence electrons. The lowest BCUT2D eigenvalue weighted by Gasteiger charge is -2.43. The first-order valence-corrected chi connectivity index (χ1v) is 9.45. The molecule has 1 saturated heterocycles. The number of nitrogens with one attached hydrogen (secondary N) is 1. The largest absolute Gasteiger partial charge is 0.384 e. The van der Waals surface area contributed by atoms with Crippen molar-refractivity contribution in [1.82, 2.24) is 5.32 Å². The van der Waals surface area contributed by atoms with Crippen molar-refractivity contribution in [1.29, 1.82) is 0 Å². The predicted octanol–water partition coefficient (Wildman–Crippen LogP) is 4.61. The maximum Gasteiger partial charge on any atom is 0.222 e. The zero-order chi connectivity index (χ0) is 21.0. The summed E-state index contributed by atoms with van der Waals surface area (Å²) in [6, 6.07) is 9.22. The van der Waals surface area contributed by atoms with E-state index in [1.807, 2.05) is 6.92 Å². The molecule has 2 aromatic carbocycles. The zero-order valence-corrected chi connectivity index (χ0v) is 16.4. The highest BCUT2D eigenvalue weighted by molar-refractivity contribution is 5.76. The third-order valence-electron chi connectivity index (χ3n) is 5.13. The second-order valence-electron chi connectivity index (χ2n) is 7.59. The predicted molar refractivity (Wildman–Crippen MR) is 102 cm³/mol. The van der Waals surface area contributed by atoms with Gasteiger partial charge in [0.1, 0.15) is 17.5 Å². The summed E-state index contributed by atoms with van der Waals surface area (Å²) in [6.45, 7) is 2.15. The van der Waals surface area contributed by atoms with Gasteiger partial charge in [-0.05, 0) is 30.7 Å². The third-order valence-corrected chi connectivity index (χ3v) is 5.13. The fourth-order valence-electron chi connectivity index (χ4n) is 3.71. The molecule has 4 nitrogen and oxygen atoms in total. The first-order chi connectivity index (χ1) is 13.8. The molecule has 0 saturated carbocycles. The number of amides is 1. The second kappa shape index (κ2) is 8.97. The lowest BCUT2D eigenvalue weighted by atomic mass is 9.81. The van der Waals surface area contributed by atoms with Crippen molar-refractivity contribution in [2.24, 2.45) is 0 Å². The van der Waals surface area contributed by atoms with E-state index in [4.69, 9.17) is 9.47 Å². The molecule has 1 N–H and O–H groups in total. The number of carbonyl (C=O) groups is 1. The first-order valence-electron chi connectivity index (χ1n) is 9.45. The maximum absolute atomic E-state index is 14.4. The fraction of sp³-hybridized carbons (Fsp3) is 0.409. The normalized spacial score (nSPS) is 24.3. The van der Waals surface area contributed by atoms with E-state index in [9.17, 15) is 18.0 Å². The van der Waals surface area contributed by atoms with Crippen LogP contribution in [0.3, 0.4) is 0 Å². The minimum atomic E-state index is -0.706. The summed E-state index contributed by atoms with van der Waals surface area (Å²) >= 11 is 0. The Hall–Kier alpha value is -2.38. The summed E-state index contributed by atoms with van der Waals surface area (Å²) < 4.78 is 52.2. The molecule has 1 aliphatic heterocycles. The Bertz CT molecular complexity index is 859. The monoisotopic (exact) mass is 407 g/mol. The van der Waals surface area contributed by atoms with Crippen LogP contribution in [0.1, 0.15) is 49.5 Å². The Morgan fingerprint density at radius 3 is 2.41 bits per heavy atom. The molecule has 3 atom stereocenters. The molecule has 1 heterocycles. The van der Waals surface area contributed by atoms with E-state index in [0.29, 0.717) is 12.8 Å². The fourth-order valence-corrected chi connectivity index (χ4v) is 3.71. The summed E-state index contributed by atoms with van der Waals surface area (Å²) in [4.78, 5) is 12.3. The van der Waals surface area contributed by atoms with Gasteiger partial charge in [-0.2, -0.15) is 0 Å². The Balaban J connectivity index is 1.90. The Kier molecular flexibility index (Phi) is 6.59. The topological polar surface area (TPSA) is 47.6 Å². The smallest absolute Gasteiger partial charge is 0.222 e. The molecule has 0 bridgehead atoms. The van der Waals surface area contributed by atoms with Crippen LogP contribution >= 0.6 is 0 Å². The molecule has 0 radical (unpaired) electrons. The number of hydrogen-bond acceptors (Lipinski definition) is 3. The van der Waals surface area contributed by atoms with Crippen LogP contribution < -0.4 is 5.32 Å². The van der Waals surface area contributed by atoms with Gasteiger partial charge < -0.3 is 14.8 Å². The van der Waals surface area contributed by atoms with Crippen LogP contribution in [0.2, 0.25) is 0 Å². The molecule has 0 aromatic heterocycles. The lowest BCUT2D eigenvalue weighted by Crippen LogP contribution is -2.51. The van der Waals surface area contributed by atoms with Crippen molar-refractivity contribution < 1.29 is 27.4 Å². The van der Waals surface area contributed by atoms with Crippen molar-refractivity contribution >= 4 is 5.91 Å². The van der Waals surface area contributed by atoms with Gasteiger partial charge in [0.05, 0.1) is 18.8 Å². The van der Waals surface area contributed by atoms with Crippen LogP contribution in [0, 0.1) is 17.5 Å². The molecule has 1 aliphatic rings. The standard InChI is InChI=1S/C22H24F3NO3/c1-22(26-21(27)9-10-28-2)12-19(14-3-5-15(23)6-4-14)29-20(13-22)17-8-7-16(24)11-18(17)25/h3-8,11,19-20H,9-10,12-13H2,1-2H3,(H,26,27)/t19-,20+,22-/m0/s1. The van der Waals surface area contributed by atoms with Gasteiger partial charge in [0.2, 0.25) is 5.91 Å². The lowest BCUT2D eigenvalue weighted by molar-refractivity contribution is -0.129. The van der Waals surface area contributed by atoms with Gasteiger partial charge in [-0.15, -0.1) is 0 Å². The average molecular weight is 407 g/mol. The van der Waals surface area contributed by atoms with Crippen LogP contribution in [0.4, 0.5) is 13.2 Å². The zero-order valence-electron chi connectivity index (χ0n) is 16.4. The number of ether oxygens (including phenoxy) is 2. The molecular formula is C22H24F3NO3. The summed E-state index contributed by atoms with van der Waals surface area (Å²) in [5, 5.41) is 3.00. The minimum absolute atomic E-state index is 0.188. The van der Waals surface area contributed by atoms with Gasteiger partial charge in [0, 0.05) is 43.5 Å². The van der Waals surface area contributed by atoms with E-state index in [-0.39, 0.29) is 30.3 Å². The first kappa shape index (κ1) is 21.3. The van der Waals surface area contributed by atoms with Crippen molar-refractivity contribution in [3.8, 4) is 0 Å². The molecule has 2 aromatic rings. The quantitative estimate of drug-likeness (QED) is 0.761. The molecule has 29 heavy (non-hydrogen) atoms. The van der Waals surface area contributed by atoms with Gasteiger partial charge in [-0.25, -0.2) is 13.2 Å². The highest BCUT2D eigenvalue weighted by atomic mass is 19.1. The highest BCUT2D eigenvalue weighted by Crippen LogP contribution is 2.44. The van der Waals surface area contributed by atoms with Crippen molar-refractivity contribution in [2.45, 2.75) is 43.9 Å². The van der Waals surface area contributed by atoms with Gasteiger partial charge in [0.15, 0.2) is 0 Å². The van der Waals surface area contributed by atoms with Crippen molar-refractivity contribution in [3.05, 3.63) is 71.0 Å². The summed E-state index contributed by atoms with van der Waals surface area (Å²) in [5.41, 5.74) is 0.236. The molecule has 7 heteroatoms. The number of carbonyl (C=O) groups excluding carboxylic acids is 1. The van der Waals surface area contributed by atoms with E-state index in [2.05, 4.69) is 5.32 Å². The number of hydrogen-bond donors (Lipinski definition) is 1. The maximum atomic E-state index is 14.4. The number of methoxy groups -OCH3 is 1. The minimum Gasteiger partial charge on any atom is -0.384 e. The van der Waals surface area contributed by atoms with E-state index >= 15 is 0 Å². The molecular weight excluding hydrogens is 383 g/mol. The highest BCUT2D eigenvalue weighted by Gasteiger charge is 2.41. The summed E-state index contributed by atoms with van der Waals surface area (Å²) in [7, 11) is 1.52. The summed E-state index contributed by atoms with van der Waals surface area (Å²) in [6.07, 6.45) is -0.259.